The van der Waals surface area contributed by atoms with Crippen LogP contribution in [0.2, 0.25) is 0 Å². The molecule has 19 heavy (non-hydrogen) atoms. The van der Waals surface area contributed by atoms with E-state index < -0.39 is 22.8 Å². The van der Waals surface area contributed by atoms with Gasteiger partial charge >= 0.3 is 5.97 Å². The zero-order chi connectivity index (χ0) is 14.7. The molecule has 0 radical (unpaired) electrons. The Bertz CT molecular complexity index is 341. The van der Waals surface area contributed by atoms with E-state index in [1.165, 1.54) is 0 Å². The van der Waals surface area contributed by atoms with Gasteiger partial charge < -0.3 is 15.7 Å². The summed E-state index contributed by atoms with van der Waals surface area (Å²) in [6.45, 7) is 8.98. The largest absolute Gasteiger partial charge is 0.480 e. The molecule has 0 bridgehead atoms. The fraction of sp³-hybridized carbons (Fsp3) is 0.857. The van der Waals surface area contributed by atoms with Crippen LogP contribution in [0.5, 0.6) is 0 Å². The van der Waals surface area contributed by atoms with Gasteiger partial charge in [-0.05, 0) is 24.8 Å². The number of carboxylic acid groups (broad SMARTS) is 1. The molecule has 3 N–H and O–H groups in total. The first kappa shape index (κ1) is 16.0. The Balaban J connectivity index is 2.83. The van der Waals surface area contributed by atoms with Gasteiger partial charge in [0.2, 0.25) is 5.91 Å². The van der Waals surface area contributed by atoms with Crippen LogP contribution in [0.1, 0.15) is 47.0 Å². The number of amides is 1. The van der Waals surface area contributed by atoms with Crippen molar-refractivity contribution in [2.75, 3.05) is 13.1 Å². The highest BCUT2D eigenvalue weighted by Gasteiger charge is 2.43. The molecule has 110 valence electrons. The quantitative estimate of drug-likeness (QED) is 0.705. The third-order valence-electron chi connectivity index (χ3n) is 3.84. The lowest BCUT2D eigenvalue weighted by Gasteiger charge is -2.33. The maximum Gasteiger partial charge on any atom is 0.326 e. The van der Waals surface area contributed by atoms with Crippen LogP contribution in [0.4, 0.5) is 0 Å². The van der Waals surface area contributed by atoms with Crippen LogP contribution in [-0.4, -0.2) is 36.1 Å². The molecule has 1 aliphatic rings. The van der Waals surface area contributed by atoms with Crippen molar-refractivity contribution >= 4 is 11.9 Å². The molecule has 5 nitrogen and oxygen atoms in total. The zero-order valence-corrected chi connectivity index (χ0v) is 12.4. The van der Waals surface area contributed by atoms with E-state index in [0.29, 0.717) is 6.54 Å². The van der Waals surface area contributed by atoms with Crippen molar-refractivity contribution in [2.45, 2.75) is 53.0 Å². The van der Waals surface area contributed by atoms with Crippen molar-refractivity contribution < 1.29 is 14.7 Å². The SMILES string of the molecule is CCCC1(C(=O)N[C@H](C(=O)O)C(C)(C)C)CCNC1. The molecule has 1 unspecified atom stereocenters. The van der Waals surface area contributed by atoms with Crippen LogP contribution in [-0.2, 0) is 9.59 Å². The molecule has 0 saturated carbocycles. The van der Waals surface area contributed by atoms with Gasteiger partial charge in [0.15, 0.2) is 0 Å². The topological polar surface area (TPSA) is 78.4 Å². The lowest BCUT2D eigenvalue weighted by Crippen LogP contribution is -2.54. The summed E-state index contributed by atoms with van der Waals surface area (Å²) in [5.74, 6) is -1.10. The average Bonchev–Trinajstić information content (AvgIpc) is 2.73. The molecule has 0 spiro atoms. The molecule has 0 aliphatic carbocycles. The minimum atomic E-state index is -0.974. The summed E-state index contributed by atoms with van der Waals surface area (Å²) in [5.41, 5.74) is -0.936. The summed E-state index contributed by atoms with van der Waals surface area (Å²) in [7, 11) is 0. The van der Waals surface area contributed by atoms with E-state index in [9.17, 15) is 14.7 Å². The van der Waals surface area contributed by atoms with Crippen molar-refractivity contribution in [2.24, 2.45) is 10.8 Å². The zero-order valence-electron chi connectivity index (χ0n) is 12.4. The first-order valence-corrected chi connectivity index (χ1v) is 6.97. The lowest BCUT2D eigenvalue weighted by molar-refractivity contribution is -0.147. The van der Waals surface area contributed by atoms with Gasteiger partial charge in [-0.1, -0.05) is 34.1 Å². The smallest absolute Gasteiger partial charge is 0.326 e. The second kappa shape index (κ2) is 5.90. The molecule has 1 amide bonds. The minimum Gasteiger partial charge on any atom is -0.480 e. The van der Waals surface area contributed by atoms with Crippen molar-refractivity contribution in [3.8, 4) is 0 Å². The van der Waals surface area contributed by atoms with Crippen LogP contribution in [0, 0.1) is 10.8 Å². The van der Waals surface area contributed by atoms with Crippen LogP contribution in [0.15, 0.2) is 0 Å². The molecule has 5 heteroatoms. The van der Waals surface area contributed by atoms with E-state index in [1.54, 1.807) is 0 Å². The van der Waals surface area contributed by atoms with E-state index in [-0.39, 0.29) is 5.91 Å². The van der Waals surface area contributed by atoms with E-state index >= 15 is 0 Å². The number of carboxylic acids is 1. The van der Waals surface area contributed by atoms with Gasteiger partial charge in [-0.15, -0.1) is 0 Å². The van der Waals surface area contributed by atoms with Crippen molar-refractivity contribution in [1.82, 2.24) is 10.6 Å². The monoisotopic (exact) mass is 270 g/mol. The van der Waals surface area contributed by atoms with E-state index in [1.807, 2.05) is 27.7 Å². The summed E-state index contributed by atoms with van der Waals surface area (Å²) < 4.78 is 0. The Morgan fingerprint density at radius 2 is 2.05 bits per heavy atom. The van der Waals surface area contributed by atoms with Gasteiger partial charge in [0.25, 0.3) is 0 Å². The second-order valence-electron chi connectivity index (χ2n) is 6.57. The molecular formula is C14H26N2O3. The third kappa shape index (κ3) is 3.69. The van der Waals surface area contributed by atoms with Gasteiger partial charge in [-0.25, -0.2) is 4.79 Å². The number of aliphatic carboxylic acids is 1. The maximum atomic E-state index is 12.5. The molecular weight excluding hydrogens is 244 g/mol. The lowest BCUT2D eigenvalue weighted by atomic mass is 9.80. The van der Waals surface area contributed by atoms with E-state index in [0.717, 1.165) is 25.8 Å². The summed E-state index contributed by atoms with van der Waals surface area (Å²) >= 11 is 0. The Morgan fingerprint density at radius 1 is 1.42 bits per heavy atom. The molecule has 0 aromatic rings. The van der Waals surface area contributed by atoms with Gasteiger partial charge in [0.05, 0.1) is 5.41 Å². The highest BCUT2D eigenvalue weighted by molar-refractivity contribution is 5.88. The second-order valence-corrected chi connectivity index (χ2v) is 6.57. The van der Waals surface area contributed by atoms with Gasteiger partial charge in [-0.2, -0.15) is 0 Å². The molecule has 1 aliphatic heterocycles. The predicted octanol–water partition coefficient (Wildman–Crippen LogP) is 1.38. The highest BCUT2D eigenvalue weighted by atomic mass is 16.4. The van der Waals surface area contributed by atoms with Crippen LogP contribution < -0.4 is 10.6 Å². The summed E-state index contributed by atoms with van der Waals surface area (Å²) in [5, 5.41) is 15.2. The normalized spacial score (nSPS) is 25.1. The Labute approximate surface area is 115 Å². The van der Waals surface area contributed by atoms with Crippen molar-refractivity contribution in [3.05, 3.63) is 0 Å². The van der Waals surface area contributed by atoms with Crippen molar-refractivity contribution in [3.63, 3.8) is 0 Å². The first-order chi connectivity index (χ1) is 8.73. The Kier molecular flexibility index (Phi) is 4.96. The number of nitrogens with one attached hydrogen (secondary N) is 2. The fourth-order valence-electron chi connectivity index (χ4n) is 2.68. The molecule has 2 atom stereocenters. The summed E-state index contributed by atoms with van der Waals surface area (Å²) in [6, 6.07) is -0.852. The minimum absolute atomic E-state index is 0.123. The Morgan fingerprint density at radius 3 is 2.42 bits per heavy atom. The van der Waals surface area contributed by atoms with Crippen LogP contribution in [0.25, 0.3) is 0 Å². The van der Waals surface area contributed by atoms with Gasteiger partial charge in [-0.3, -0.25) is 4.79 Å². The summed E-state index contributed by atoms with van der Waals surface area (Å²) in [6.07, 6.45) is 2.49. The van der Waals surface area contributed by atoms with Gasteiger partial charge in [0.1, 0.15) is 6.04 Å². The average molecular weight is 270 g/mol. The number of carbonyl (C=O) groups excluding carboxylic acids is 1. The molecule has 0 aromatic heterocycles. The molecule has 0 aromatic carbocycles. The number of rotatable bonds is 5. The highest BCUT2D eigenvalue weighted by Crippen LogP contribution is 2.32. The van der Waals surface area contributed by atoms with Gasteiger partial charge in [0, 0.05) is 6.54 Å². The third-order valence-corrected chi connectivity index (χ3v) is 3.84. The first-order valence-electron chi connectivity index (χ1n) is 6.97. The molecule has 1 saturated heterocycles. The van der Waals surface area contributed by atoms with Crippen molar-refractivity contribution in [1.29, 1.82) is 0 Å². The van der Waals surface area contributed by atoms with E-state index in [2.05, 4.69) is 10.6 Å². The summed E-state index contributed by atoms with van der Waals surface area (Å²) in [4.78, 5) is 23.8. The molecule has 1 rings (SSSR count). The number of hydrogen-bond donors (Lipinski definition) is 3. The standard InChI is InChI=1S/C14H26N2O3/c1-5-6-14(7-8-15-9-14)12(19)16-10(11(17)18)13(2,3)4/h10,15H,5-9H2,1-4H3,(H,16,19)(H,17,18)/t10-,14?/m1/s1. The van der Waals surface area contributed by atoms with Crippen LogP contribution >= 0.6 is 0 Å². The Hall–Kier alpha value is -1.10. The molecule has 1 fully saturated rings. The molecule has 1 heterocycles. The van der Waals surface area contributed by atoms with Crippen LogP contribution in [0.3, 0.4) is 0 Å². The maximum absolute atomic E-state index is 12.5. The van der Waals surface area contributed by atoms with E-state index in [4.69, 9.17) is 0 Å². The number of carbonyl (C=O) groups is 2. The number of hydrogen-bond acceptors (Lipinski definition) is 3. The fourth-order valence-corrected chi connectivity index (χ4v) is 2.68. The predicted molar refractivity (Wildman–Crippen MR) is 73.8 cm³/mol.